The molecule has 1 heterocycles. The third-order valence-electron chi connectivity index (χ3n) is 4.26. The van der Waals surface area contributed by atoms with Gasteiger partial charge in [-0.15, -0.1) is 0 Å². The third-order valence-corrected chi connectivity index (χ3v) is 4.26. The summed E-state index contributed by atoms with van der Waals surface area (Å²) in [6.45, 7) is 0. The van der Waals surface area contributed by atoms with Crippen LogP contribution in [0.25, 0.3) is 16.6 Å². The molecule has 3 aromatic carbocycles. The molecule has 0 spiro atoms. The number of amidine groups is 1. The maximum atomic E-state index is 9.64. The summed E-state index contributed by atoms with van der Waals surface area (Å²) in [6.07, 6.45) is 0. The van der Waals surface area contributed by atoms with Crippen LogP contribution >= 0.6 is 0 Å². The van der Waals surface area contributed by atoms with Gasteiger partial charge in [0.25, 0.3) is 0 Å². The third kappa shape index (κ3) is 2.93. The van der Waals surface area contributed by atoms with Crippen molar-refractivity contribution in [2.75, 3.05) is 0 Å². The predicted octanol–water partition coefficient (Wildman–Crippen LogP) is 4.22. The fraction of sp³-hybridized carbons (Fsp3) is 0. The van der Waals surface area contributed by atoms with Gasteiger partial charge in [-0.25, -0.2) is 0 Å². The fourth-order valence-corrected chi connectivity index (χ4v) is 3.07. The number of para-hydroxylation sites is 2. The Balaban J connectivity index is 2.05. The number of aromatic nitrogens is 1. The molecule has 134 valence electrons. The summed E-state index contributed by atoms with van der Waals surface area (Å²) in [5.41, 5.74) is 8.09. The molecular weight excluding hydrogens is 342 g/mol. The molecule has 0 saturated heterocycles. The van der Waals surface area contributed by atoms with Gasteiger partial charge in [-0.2, -0.15) is 0 Å². The number of benzene rings is 3. The van der Waals surface area contributed by atoms with Crippen molar-refractivity contribution in [3.05, 3.63) is 84.4 Å². The van der Waals surface area contributed by atoms with E-state index in [9.17, 15) is 10.3 Å². The lowest BCUT2D eigenvalue weighted by Crippen LogP contribution is -2.14. The summed E-state index contributed by atoms with van der Waals surface area (Å²) in [4.78, 5) is 0. The highest BCUT2D eigenvalue weighted by Gasteiger charge is 2.23. The van der Waals surface area contributed by atoms with E-state index in [1.54, 1.807) is 24.3 Å². The summed E-state index contributed by atoms with van der Waals surface area (Å²) in [5.74, 6) is 1.16. The first kappa shape index (κ1) is 16.5. The number of aromatic hydroxyl groups is 1. The second kappa shape index (κ2) is 6.76. The number of hydrogen-bond acceptors (Lipinski definition) is 4. The zero-order valence-corrected chi connectivity index (χ0v) is 14.3. The average molecular weight is 359 g/mol. The number of oxime groups is 1. The van der Waals surface area contributed by atoms with Gasteiger partial charge in [0.15, 0.2) is 5.84 Å². The van der Waals surface area contributed by atoms with E-state index >= 15 is 0 Å². The fourth-order valence-electron chi connectivity index (χ4n) is 3.07. The lowest BCUT2D eigenvalue weighted by atomic mass is 10.1. The summed E-state index contributed by atoms with van der Waals surface area (Å²) >= 11 is 0. The van der Waals surface area contributed by atoms with E-state index in [-0.39, 0.29) is 11.6 Å². The number of phenols is 1. The molecule has 0 bridgehead atoms. The first-order valence-corrected chi connectivity index (χ1v) is 8.32. The van der Waals surface area contributed by atoms with E-state index in [0.29, 0.717) is 17.2 Å². The molecule has 0 aliphatic carbocycles. The Hall–Kier alpha value is -3.93. The van der Waals surface area contributed by atoms with Gasteiger partial charge in [-0.1, -0.05) is 41.6 Å². The van der Waals surface area contributed by atoms with Crippen molar-refractivity contribution >= 4 is 16.7 Å². The molecule has 0 fully saturated rings. The molecule has 0 saturated carbocycles. The van der Waals surface area contributed by atoms with Crippen LogP contribution < -0.4 is 10.5 Å². The predicted molar refractivity (Wildman–Crippen MR) is 104 cm³/mol. The Kier molecular flexibility index (Phi) is 4.14. The van der Waals surface area contributed by atoms with Crippen LogP contribution in [0.5, 0.6) is 17.4 Å². The Morgan fingerprint density at radius 3 is 2.26 bits per heavy atom. The Bertz CT molecular complexity index is 1120. The molecule has 0 atom stereocenters. The van der Waals surface area contributed by atoms with Gasteiger partial charge in [-0.3, -0.25) is 4.57 Å². The molecule has 4 aromatic rings. The molecule has 4 rings (SSSR count). The smallest absolute Gasteiger partial charge is 0.216 e. The molecular formula is C21H17N3O3. The van der Waals surface area contributed by atoms with E-state index in [2.05, 4.69) is 5.16 Å². The summed E-state index contributed by atoms with van der Waals surface area (Å²) in [5, 5.41) is 22.9. The van der Waals surface area contributed by atoms with Crippen molar-refractivity contribution in [2.24, 2.45) is 10.9 Å². The lowest BCUT2D eigenvalue weighted by molar-refractivity contribution is 0.318. The topological polar surface area (TPSA) is 93.0 Å². The van der Waals surface area contributed by atoms with E-state index in [4.69, 9.17) is 10.5 Å². The van der Waals surface area contributed by atoms with Crippen molar-refractivity contribution in [3.8, 4) is 23.1 Å². The zero-order valence-electron chi connectivity index (χ0n) is 14.3. The minimum Gasteiger partial charge on any atom is -0.508 e. The van der Waals surface area contributed by atoms with Gasteiger partial charge < -0.3 is 20.8 Å². The molecule has 6 nitrogen and oxygen atoms in total. The molecule has 0 amide bonds. The SMILES string of the molecule is NC(=NO)c1c(Oc2ccccc2)n(-c2ccc(O)cc2)c2ccccc12. The normalized spacial score (nSPS) is 11.6. The van der Waals surface area contributed by atoms with E-state index in [1.165, 1.54) is 0 Å². The first-order chi connectivity index (χ1) is 13.2. The summed E-state index contributed by atoms with van der Waals surface area (Å²) in [7, 11) is 0. The van der Waals surface area contributed by atoms with E-state index in [0.717, 1.165) is 16.6 Å². The standard InChI is InChI=1S/C21H17N3O3/c22-20(23-26)19-17-8-4-5-9-18(17)24(14-10-12-15(25)13-11-14)21(19)27-16-6-2-1-3-7-16/h1-13,25-26H,(H2,22,23). The van der Waals surface area contributed by atoms with Crippen LogP contribution in [-0.2, 0) is 0 Å². The number of hydrogen-bond donors (Lipinski definition) is 3. The molecule has 27 heavy (non-hydrogen) atoms. The molecule has 0 aliphatic heterocycles. The molecule has 6 heteroatoms. The highest BCUT2D eigenvalue weighted by atomic mass is 16.5. The van der Waals surface area contributed by atoms with Crippen LogP contribution in [0.3, 0.4) is 0 Å². The van der Waals surface area contributed by atoms with Crippen LogP contribution in [-0.4, -0.2) is 20.7 Å². The Morgan fingerprint density at radius 1 is 0.889 bits per heavy atom. The van der Waals surface area contributed by atoms with E-state index in [1.807, 2.05) is 59.2 Å². The van der Waals surface area contributed by atoms with Gasteiger partial charge in [0.1, 0.15) is 11.5 Å². The maximum absolute atomic E-state index is 9.64. The van der Waals surface area contributed by atoms with Crippen molar-refractivity contribution in [1.29, 1.82) is 0 Å². The van der Waals surface area contributed by atoms with Crippen LogP contribution in [0.2, 0.25) is 0 Å². The highest BCUT2D eigenvalue weighted by Crippen LogP contribution is 2.37. The molecule has 1 aromatic heterocycles. The second-order valence-corrected chi connectivity index (χ2v) is 5.95. The lowest BCUT2D eigenvalue weighted by Gasteiger charge is -2.13. The minimum atomic E-state index is -0.0466. The van der Waals surface area contributed by atoms with Crippen molar-refractivity contribution in [1.82, 2.24) is 4.57 Å². The van der Waals surface area contributed by atoms with Gasteiger partial charge in [0.05, 0.1) is 11.1 Å². The minimum absolute atomic E-state index is 0.0466. The number of fused-ring (bicyclic) bond motifs is 1. The van der Waals surface area contributed by atoms with Gasteiger partial charge >= 0.3 is 0 Å². The quantitative estimate of drug-likeness (QED) is 0.220. The zero-order chi connectivity index (χ0) is 18.8. The van der Waals surface area contributed by atoms with Gasteiger partial charge in [0, 0.05) is 11.1 Å². The molecule has 0 aliphatic rings. The number of nitrogens with two attached hydrogens (primary N) is 1. The van der Waals surface area contributed by atoms with E-state index < -0.39 is 0 Å². The average Bonchev–Trinajstić information content (AvgIpc) is 3.02. The van der Waals surface area contributed by atoms with Crippen molar-refractivity contribution in [2.45, 2.75) is 0 Å². The first-order valence-electron chi connectivity index (χ1n) is 8.32. The number of phenolic OH excluding ortho intramolecular Hbond substituents is 1. The number of rotatable bonds is 4. The number of nitrogens with zero attached hydrogens (tertiary/aromatic N) is 2. The molecule has 4 N–H and O–H groups in total. The Labute approximate surface area is 155 Å². The highest BCUT2D eigenvalue weighted by molar-refractivity contribution is 6.12. The van der Waals surface area contributed by atoms with Crippen LogP contribution in [0.1, 0.15) is 5.56 Å². The van der Waals surface area contributed by atoms with Crippen LogP contribution in [0.15, 0.2) is 84.0 Å². The van der Waals surface area contributed by atoms with Gasteiger partial charge in [-0.05, 0) is 42.5 Å². The Morgan fingerprint density at radius 2 is 1.56 bits per heavy atom. The largest absolute Gasteiger partial charge is 0.508 e. The van der Waals surface area contributed by atoms with Crippen molar-refractivity contribution in [3.63, 3.8) is 0 Å². The monoisotopic (exact) mass is 359 g/mol. The summed E-state index contributed by atoms with van der Waals surface area (Å²) < 4.78 is 8.03. The molecule has 0 radical (unpaired) electrons. The van der Waals surface area contributed by atoms with Crippen LogP contribution in [0, 0.1) is 0 Å². The summed E-state index contributed by atoms with van der Waals surface area (Å²) in [6, 6.07) is 23.6. The van der Waals surface area contributed by atoms with Gasteiger partial charge in [0.2, 0.25) is 5.88 Å². The van der Waals surface area contributed by atoms with Crippen LogP contribution in [0.4, 0.5) is 0 Å². The molecule has 0 unspecified atom stereocenters. The number of ether oxygens (including phenoxy) is 1. The maximum Gasteiger partial charge on any atom is 0.216 e. The van der Waals surface area contributed by atoms with Crippen molar-refractivity contribution < 1.29 is 15.1 Å². The second-order valence-electron chi connectivity index (χ2n) is 5.95.